The first-order valence-electron chi connectivity index (χ1n) is 7.42. The molecule has 2 N–H and O–H groups in total. The second-order valence-electron chi connectivity index (χ2n) is 6.83. The summed E-state index contributed by atoms with van der Waals surface area (Å²) in [5.74, 6) is -1.42. The molecule has 0 bridgehead atoms. The molecule has 2 atom stereocenters. The third-order valence-electron chi connectivity index (χ3n) is 4.15. The molecule has 2 unspecified atom stereocenters. The van der Waals surface area contributed by atoms with E-state index in [1.807, 2.05) is 24.3 Å². The topological polar surface area (TPSA) is 66.4 Å². The summed E-state index contributed by atoms with van der Waals surface area (Å²) in [5, 5.41) is 12.0. The van der Waals surface area contributed by atoms with Crippen LogP contribution in [-0.4, -0.2) is 17.0 Å². The monoisotopic (exact) mass is 289 g/mol. The Morgan fingerprint density at radius 2 is 1.76 bits per heavy atom. The van der Waals surface area contributed by atoms with Gasteiger partial charge < -0.3 is 10.4 Å². The number of benzene rings is 1. The van der Waals surface area contributed by atoms with Gasteiger partial charge in [0, 0.05) is 11.6 Å². The molecule has 2 rings (SSSR count). The Morgan fingerprint density at radius 3 is 2.33 bits per heavy atom. The quantitative estimate of drug-likeness (QED) is 0.896. The van der Waals surface area contributed by atoms with E-state index in [2.05, 4.69) is 26.1 Å². The van der Waals surface area contributed by atoms with Crippen LogP contribution in [0.3, 0.4) is 0 Å². The fourth-order valence-electron chi connectivity index (χ4n) is 2.92. The van der Waals surface area contributed by atoms with E-state index in [0.29, 0.717) is 19.3 Å². The summed E-state index contributed by atoms with van der Waals surface area (Å²) in [6.45, 7) is 6.32. The molecule has 1 aromatic rings. The number of carbonyl (C=O) groups is 2. The predicted octanol–water partition coefficient (Wildman–Crippen LogP) is 3.42. The van der Waals surface area contributed by atoms with Crippen LogP contribution in [0.1, 0.15) is 45.6 Å². The zero-order chi connectivity index (χ0) is 15.6. The smallest absolute Gasteiger partial charge is 0.306 e. The Kier molecular flexibility index (Phi) is 4.35. The maximum Gasteiger partial charge on any atom is 0.306 e. The summed E-state index contributed by atoms with van der Waals surface area (Å²) in [6.07, 6.45) is 1.69. The van der Waals surface area contributed by atoms with Crippen LogP contribution in [0.5, 0.6) is 0 Å². The summed E-state index contributed by atoms with van der Waals surface area (Å²) < 4.78 is 0. The molecule has 114 valence electrons. The van der Waals surface area contributed by atoms with E-state index in [1.54, 1.807) is 0 Å². The van der Waals surface area contributed by atoms with Crippen molar-refractivity contribution in [2.45, 2.75) is 45.4 Å². The summed E-state index contributed by atoms with van der Waals surface area (Å²) in [5.41, 5.74) is 1.86. The van der Waals surface area contributed by atoms with Crippen molar-refractivity contribution in [1.29, 1.82) is 0 Å². The number of amides is 1. The van der Waals surface area contributed by atoms with Gasteiger partial charge in [-0.15, -0.1) is 0 Å². The Hall–Kier alpha value is -1.84. The number of rotatable bonds is 3. The van der Waals surface area contributed by atoms with Crippen LogP contribution < -0.4 is 5.32 Å². The van der Waals surface area contributed by atoms with Gasteiger partial charge in [-0.3, -0.25) is 9.59 Å². The molecule has 1 aromatic carbocycles. The lowest BCUT2D eigenvalue weighted by atomic mass is 9.85. The molecular weight excluding hydrogens is 266 g/mol. The minimum atomic E-state index is -0.791. The molecule has 1 amide bonds. The van der Waals surface area contributed by atoms with Gasteiger partial charge in [0.05, 0.1) is 5.92 Å². The summed E-state index contributed by atoms with van der Waals surface area (Å²) in [4.78, 5) is 23.3. The van der Waals surface area contributed by atoms with E-state index in [9.17, 15) is 9.59 Å². The molecule has 0 radical (unpaired) electrons. The van der Waals surface area contributed by atoms with Crippen molar-refractivity contribution in [1.82, 2.24) is 0 Å². The van der Waals surface area contributed by atoms with Crippen molar-refractivity contribution in [2.75, 3.05) is 5.32 Å². The zero-order valence-corrected chi connectivity index (χ0v) is 12.8. The number of anilines is 1. The number of hydrogen-bond donors (Lipinski definition) is 2. The second kappa shape index (κ2) is 5.88. The Bertz CT molecular complexity index is 545. The maximum atomic E-state index is 12.4. The van der Waals surface area contributed by atoms with Gasteiger partial charge in [-0.05, 0) is 36.3 Å². The maximum absolute atomic E-state index is 12.4. The van der Waals surface area contributed by atoms with Crippen LogP contribution >= 0.6 is 0 Å². The average Bonchev–Trinajstić information content (AvgIpc) is 2.88. The lowest BCUT2D eigenvalue weighted by Gasteiger charge is -2.23. The van der Waals surface area contributed by atoms with Gasteiger partial charge in [-0.2, -0.15) is 0 Å². The fraction of sp³-hybridized carbons (Fsp3) is 0.529. The van der Waals surface area contributed by atoms with E-state index in [4.69, 9.17) is 5.11 Å². The first-order valence-corrected chi connectivity index (χ1v) is 7.42. The first kappa shape index (κ1) is 15.5. The number of carboxylic acid groups (broad SMARTS) is 1. The van der Waals surface area contributed by atoms with E-state index in [1.165, 1.54) is 0 Å². The fourth-order valence-corrected chi connectivity index (χ4v) is 2.92. The Balaban J connectivity index is 2.09. The number of carboxylic acids is 1. The van der Waals surface area contributed by atoms with Crippen LogP contribution in [0.2, 0.25) is 0 Å². The van der Waals surface area contributed by atoms with E-state index in [-0.39, 0.29) is 23.2 Å². The highest BCUT2D eigenvalue weighted by molar-refractivity contribution is 5.94. The van der Waals surface area contributed by atoms with Crippen molar-refractivity contribution >= 4 is 17.6 Å². The largest absolute Gasteiger partial charge is 0.481 e. The molecule has 1 aliphatic rings. The van der Waals surface area contributed by atoms with Crippen molar-refractivity contribution in [3.8, 4) is 0 Å². The van der Waals surface area contributed by atoms with Gasteiger partial charge in [-0.25, -0.2) is 0 Å². The molecule has 21 heavy (non-hydrogen) atoms. The molecular formula is C17H23NO3. The Labute approximate surface area is 125 Å². The summed E-state index contributed by atoms with van der Waals surface area (Å²) in [6, 6.07) is 7.79. The van der Waals surface area contributed by atoms with Gasteiger partial charge >= 0.3 is 5.97 Å². The molecule has 0 aromatic heterocycles. The van der Waals surface area contributed by atoms with Crippen molar-refractivity contribution in [2.24, 2.45) is 11.8 Å². The Morgan fingerprint density at radius 1 is 1.14 bits per heavy atom. The molecule has 4 nitrogen and oxygen atoms in total. The summed E-state index contributed by atoms with van der Waals surface area (Å²) >= 11 is 0. The molecule has 0 spiro atoms. The lowest BCUT2D eigenvalue weighted by Crippen LogP contribution is -2.24. The molecule has 0 aliphatic heterocycles. The predicted molar refractivity (Wildman–Crippen MR) is 82.2 cm³/mol. The van der Waals surface area contributed by atoms with Gasteiger partial charge in [0.1, 0.15) is 0 Å². The van der Waals surface area contributed by atoms with Crippen LogP contribution in [0, 0.1) is 11.8 Å². The summed E-state index contributed by atoms with van der Waals surface area (Å²) in [7, 11) is 0. The van der Waals surface area contributed by atoms with Gasteiger partial charge in [-0.1, -0.05) is 39.0 Å². The number of carbonyl (C=O) groups excluding carboxylic acids is 1. The standard InChI is InChI=1S/C17H23NO3/c1-17(2,3)13-6-4-5-7-14(13)18-15(19)11-8-9-12(10-11)16(20)21/h4-7,11-12H,8-10H2,1-3H3,(H,18,19)(H,20,21). The lowest BCUT2D eigenvalue weighted by molar-refractivity contribution is -0.141. The zero-order valence-electron chi connectivity index (χ0n) is 12.8. The van der Waals surface area contributed by atoms with Crippen LogP contribution in [-0.2, 0) is 15.0 Å². The third kappa shape index (κ3) is 3.63. The van der Waals surface area contributed by atoms with Crippen LogP contribution in [0.4, 0.5) is 5.69 Å². The van der Waals surface area contributed by atoms with Crippen molar-refractivity contribution < 1.29 is 14.7 Å². The number of para-hydroxylation sites is 1. The molecule has 0 saturated heterocycles. The normalized spacial score (nSPS) is 22.0. The minimum Gasteiger partial charge on any atom is -0.481 e. The van der Waals surface area contributed by atoms with E-state index >= 15 is 0 Å². The van der Waals surface area contributed by atoms with Crippen LogP contribution in [0.15, 0.2) is 24.3 Å². The number of aliphatic carboxylic acids is 1. The highest BCUT2D eigenvalue weighted by Crippen LogP contribution is 2.34. The molecule has 4 heteroatoms. The van der Waals surface area contributed by atoms with E-state index < -0.39 is 5.97 Å². The third-order valence-corrected chi connectivity index (χ3v) is 4.15. The average molecular weight is 289 g/mol. The number of hydrogen-bond acceptors (Lipinski definition) is 2. The molecule has 1 fully saturated rings. The SMILES string of the molecule is CC(C)(C)c1ccccc1NC(=O)C1CCC(C(=O)O)C1. The van der Waals surface area contributed by atoms with Gasteiger partial charge in [0.2, 0.25) is 5.91 Å². The highest BCUT2D eigenvalue weighted by Gasteiger charge is 2.34. The first-order chi connectivity index (χ1) is 9.79. The van der Waals surface area contributed by atoms with Gasteiger partial charge in [0.25, 0.3) is 0 Å². The van der Waals surface area contributed by atoms with Crippen molar-refractivity contribution in [3.05, 3.63) is 29.8 Å². The number of nitrogens with one attached hydrogen (secondary N) is 1. The molecule has 1 aliphatic carbocycles. The molecule has 0 heterocycles. The van der Waals surface area contributed by atoms with Gasteiger partial charge in [0.15, 0.2) is 0 Å². The van der Waals surface area contributed by atoms with E-state index in [0.717, 1.165) is 11.3 Å². The molecule has 1 saturated carbocycles. The van der Waals surface area contributed by atoms with Crippen molar-refractivity contribution in [3.63, 3.8) is 0 Å². The van der Waals surface area contributed by atoms with Crippen LogP contribution in [0.25, 0.3) is 0 Å². The minimum absolute atomic E-state index is 0.0524. The second-order valence-corrected chi connectivity index (χ2v) is 6.83. The highest BCUT2D eigenvalue weighted by atomic mass is 16.4.